The van der Waals surface area contributed by atoms with E-state index in [1.54, 1.807) is 0 Å². The third-order valence-corrected chi connectivity index (χ3v) is 2.35. The zero-order valence-corrected chi connectivity index (χ0v) is 9.20. The van der Waals surface area contributed by atoms with Crippen LogP contribution in [-0.2, 0) is 6.42 Å². The van der Waals surface area contributed by atoms with Crippen LogP contribution in [0.1, 0.15) is 12.5 Å². The average molecular weight is 246 g/mol. The molecule has 0 bridgehead atoms. The van der Waals surface area contributed by atoms with Gasteiger partial charge in [0.15, 0.2) is 0 Å². The third-order valence-electron chi connectivity index (χ3n) is 1.86. The van der Waals surface area contributed by atoms with E-state index < -0.39 is 0 Å². The summed E-state index contributed by atoms with van der Waals surface area (Å²) in [6.45, 7) is 2.14. The van der Waals surface area contributed by atoms with Crippen LogP contribution in [0.25, 0.3) is 0 Å². The number of anilines is 1. The Hall–Kier alpha value is -0.570. The Labute approximate surface area is 86.5 Å². The minimum Gasteiger partial charge on any atom is -0.382 e. The number of halogens is 2. The molecule has 0 saturated heterocycles. The van der Waals surface area contributed by atoms with Crippen molar-refractivity contribution in [2.75, 3.05) is 18.5 Å². The highest BCUT2D eigenvalue weighted by Crippen LogP contribution is 2.21. The maximum absolute atomic E-state index is 11.9. The van der Waals surface area contributed by atoms with Gasteiger partial charge in [0, 0.05) is 16.7 Å². The second-order valence-corrected chi connectivity index (χ2v) is 3.69. The minimum absolute atomic E-state index is 0.334. The fourth-order valence-electron chi connectivity index (χ4n) is 1.21. The summed E-state index contributed by atoms with van der Waals surface area (Å²) in [5.41, 5.74) is 2.24. The van der Waals surface area contributed by atoms with Gasteiger partial charge in [-0.3, -0.25) is 0 Å². The van der Waals surface area contributed by atoms with Crippen LogP contribution in [0.15, 0.2) is 22.7 Å². The summed E-state index contributed by atoms with van der Waals surface area (Å²) in [5, 5.41) is 3.05. The standard InChI is InChI=1S/C10H13BrFN/c1-2-8-7-9(11)3-4-10(8)13-6-5-12/h3-4,7,13H,2,5-6H2,1H3. The van der Waals surface area contributed by atoms with Gasteiger partial charge in [-0.2, -0.15) is 0 Å². The fraction of sp³-hybridized carbons (Fsp3) is 0.400. The minimum atomic E-state index is -0.334. The van der Waals surface area contributed by atoms with Crippen LogP contribution >= 0.6 is 15.9 Å². The Kier molecular flexibility index (Phi) is 4.22. The van der Waals surface area contributed by atoms with Crippen LogP contribution in [0.4, 0.5) is 10.1 Å². The van der Waals surface area contributed by atoms with Crippen molar-refractivity contribution in [3.8, 4) is 0 Å². The SMILES string of the molecule is CCc1cc(Br)ccc1NCCF. The van der Waals surface area contributed by atoms with Gasteiger partial charge in [-0.25, -0.2) is 4.39 Å². The molecule has 0 aromatic heterocycles. The molecule has 0 atom stereocenters. The fourth-order valence-corrected chi connectivity index (χ4v) is 1.62. The molecular formula is C10H13BrFN. The molecule has 1 rings (SSSR count). The zero-order chi connectivity index (χ0) is 9.68. The maximum atomic E-state index is 11.9. The summed E-state index contributed by atoms with van der Waals surface area (Å²) in [7, 11) is 0. The molecule has 0 unspecified atom stereocenters. The normalized spacial score (nSPS) is 10.1. The highest BCUT2D eigenvalue weighted by molar-refractivity contribution is 9.10. The molecule has 0 aliphatic rings. The first kappa shape index (κ1) is 10.5. The van der Waals surface area contributed by atoms with Crippen LogP contribution in [0.3, 0.4) is 0 Å². The van der Waals surface area contributed by atoms with Gasteiger partial charge in [-0.15, -0.1) is 0 Å². The van der Waals surface area contributed by atoms with E-state index in [0.717, 1.165) is 16.6 Å². The zero-order valence-electron chi connectivity index (χ0n) is 7.61. The van der Waals surface area contributed by atoms with Gasteiger partial charge in [0.2, 0.25) is 0 Å². The van der Waals surface area contributed by atoms with Gasteiger partial charge >= 0.3 is 0 Å². The number of alkyl halides is 1. The van der Waals surface area contributed by atoms with Gasteiger partial charge in [0.05, 0.1) is 0 Å². The molecule has 72 valence electrons. The molecule has 1 nitrogen and oxygen atoms in total. The van der Waals surface area contributed by atoms with Crippen molar-refractivity contribution in [3.05, 3.63) is 28.2 Å². The summed E-state index contributed by atoms with van der Waals surface area (Å²) < 4.78 is 13.0. The molecule has 0 saturated carbocycles. The number of benzene rings is 1. The van der Waals surface area contributed by atoms with Crippen molar-refractivity contribution >= 4 is 21.6 Å². The Morgan fingerprint density at radius 3 is 2.85 bits per heavy atom. The molecule has 0 heterocycles. The van der Waals surface area contributed by atoms with Crippen molar-refractivity contribution in [2.24, 2.45) is 0 Å². The predicted octanol–water partition coefficient (Wildman–Crippen LogP) is 3.39. The highest BCUT2D eigenvalue weighted by Gasteiger charge is 1.99. The van der Waals surface area contributed by atoms with E-state index >= 15 is 0 Å². The van der Waals surface area contributed by atoms with E-state index in [0.29, 0.717) is 6.54 Å². The molecule has 1 N–H and O–H groups in total. The number of nitrogens with one attached hydrogen (secondary N) is 1. The first-order valence-corrected chi connectivity index (χ1v) is 5.15. The molecule has 13 heavy (non-hydrogen) atoms. The van der Waals surface area contributed by atoms with Crippen molar-refractivity contribution in [1.82, 2.24) is 0 Å². The largest absolute Gasteiger partial charge is 0.382 e. The Bertz CT molecular complexity index is 276. The molecule has 0 spiro atoms. The van der Waals surface area contributed by atoms with E-state index in [-0.39, 0.29) is 6.67 Å². The van der Waals surface area contributed by atoms with E-state index in [2.05, 4.69) is 34.2 Å². The molecule has 1 aromatic carbocycles. The summed E-state index contributed by atoms with van der Waals surface area (Å²) in [5.74, 6) is 0. The number of hydrogen-bond donors (Lipinski definition) is 1. The van der Waals surface area contributed by atoms with E-state index in [9.17, 15) is 4.39 Å². The molecule has 3 heteroatoms. The molecule has 1 aromatic rings. The van der Waals surface area contributed by atoms with Gasteiger partial charge < -0.3 is 5.32 Å². The second kappa shape index (κ2) is 5.22. The van der Waals surface area contributed by atoms with Crippen LogP contribution in [0, 0.1) is 0 Å². The molecule has 0 radical (unpaired) electrons. The lowest BCUT2D eigenvalue weighted by Crippen LogP contribution is -2.05. The van der Waals surface area contributed by atoms with E-state index in [4.69, 9.17) is 0 Å². The smallest absolute Gasteiger partial charge is 0.107 e. The lowest BCUT2D eigenvalue weighted by atomic mass is 10.1. The first-order chi connectivity index (χ1) is 6.27. The molecule has 0 aliphatic carbocycles. The number of hydrogen-bond acceptors (Lipinski definition) is 1. The molecule has 0 aliphatic heterocycles. The Morgan fingerprint density at radius 1 is 1.46 bits per heavy atom. The lowest BCUT2D eigenvalue weighted by molar-refractivity contribution is 0.512. The number of aryl methyl sites for hydroxylation is 1. The van der Waals surface area contributed by atoms with Gasteiger partial charge in [-0.05, 0) is 30.2 Å². The quantitative estimate of drug-likeness (QED) is 0.858. The van der Waals surface area contributed by atoms with Crippen molar-refractivity contribution in [1.29, 1.82) is 0 Å². The predicted molar refractivity (Wildman–Crippen MR) is 58.0 cm³/mol. The topological polar surface area (TPSA) is 12.0 Å². The van der Waals surface area contributed by atoms with Crippen molar-refractivity contribution < 1.29 is 4.39 Å². The Balaban J connectivity index is 2.79. The lowest BCUT2D eigenvalue weighted by Gasteiger charge is -2.09. The summed E-state index contributed by atoms with van der Waals surface area (Å²) in [6, 6.07) is 5.98. The summed E-state index contributed by atoms with van der Waals surface area (Å²) in [6.07, 6.45) is 0.952. The van der Waals surface area contributed by atoms with E-state index in [1.165, 1.54) is 5.56 Å². The summed E-state index contributed by atoms with van der Waals surface area (Å²) >= 11 is 3.40. The maximum Gasteiger partial charge on any atom is 0.107 e. The third kappa shape index (κ3) is 2.99. The monoisotopic (exact) mass is 245 g/mol. The molecule has 0 amide bonds. The highest BCUT2D eigenvalue weighted by atomic mass is 79.9. The molecule has 0 fully saturated rings. The van der Waals surface area contributed by atoms with Crippen molar-refractivity contribution in [3.63, 3.8) is 0 Å². The van der Waals surface area contributed by atoms with Crippen molar-refractivity contribution in [2.45, 2.75) is 13.3 Å². The van der Waals surface area contributed by atoms with Gasteiger partial charge in [0.25, 0.3) is 0 Å². The van der Waals surface area contributed by atoms with Crippen LogP contribution in [0.5, 0.6) is 0 Å². The average Bonchev–Trinajstić information content (AvgIpc) is 2.16. The molecular weight excluding hydrogens is 233 g/mol. The van der Waals surface area contributed by atoms with Crippen LogP contribution < -0.4 is 5.32 Å². The van der Waals surface area contributed by atoms with E-state index in [1.807, 2.05) is 12.1 Å². The van der Waals surface area contributed by atoms with Crippen LogP contribution in [0.2, 0.25) is 0 Å². The van der Waals surface area contributed by atoms with Gasteiger partial charge in [0.1, 0.15) is 6.67 Å². The van der Waals surface area contributed by atoms with Crippen LogP contribution in [-0.4, -0.2) is 13.2 Å². The van der Waals surface area contributed by atoms with Gasteiger partial charge in [-0.1, -0.05) is 22.9 Å². The Morgan fingerprint density at radius 2 is 2.23 bits per heavy atom. The second-order valence-electron chi connectivity index (χ2n) is 2.77. The summed E-state index contributed by atoms with van der Waals surface area (Å²) in [4.78, 5) is 0. The first-order valence-electron chi connectivity index (χ1n) is 4.36. The number of rotatable bonds is 4.